The zero-order valence-corrected chi connectivity index (χ0v) is 10.1. The van der Waals surface area contributed by atoms with Crippen LogP contribution in [-0.4, -0.2) is 24.7 Å². The van der Waals surface area contributed by atoms with E-state index in [9.17, 15) is 4.39 Å². The number of oxazole rings is 1. The molecule has 0 unspecified atom stereocenters. The maximum absolute atomic E-state index is 13.8. The number of benzene rings is 1. The van der Waals surface area contributed by atoms with Crippen molar-refractivity contribution in [1.82, 2.24) is 10.3 Å². The van der Waals surface area contributed by atoms with Gasteiger partial charge in [0.1, 0.15) is 17.8 Å². The van der Waals surface area contributed by atoms with Crippen molar-refractivity contribution in [1.29, 1.82) is 0 Å². The second-order valence-corrected chi connectivity index (χ2v) is 4.15. The Bertz CT molecular complexity index is 539. The maximum atomic E-state index is 13.8. The second-order valence-electron chi connectivity index (χ2n) is 4.15. The summed E-state index contributed by atoms with van der Waals surface area (Å²) in [6, 6.07) is 4.49. The van der Waals surface area contributed by atoms with Gasteiger partial charge < -0.3 is 19.2 Å². The highest BCUT2D eigenvalue weighted by Crippen LogP contribution is 2.28. The number of morpholine rings is 1. The zero-order chi connectivity index (χ0) is 13.1. The van der Waals surface area contributed by atoms with E-state index in [0.29, 0.717) is 24.5 Å². The Labute approximate surface area is 109 Å². The van der Waals surface area contributed by atoms with Crippen molar-refractivity contribution in [2.45, 2.75) is 6.10 Å². The van der Waals surface area contributed by atoms with Crippen molar-refractivity contribution in [3.05, 3.63) is 42.0 Å². The standard InChI is InChI=1S/C13H13FN2O3/c14-11-2-1-9(19-13-16-4-6-18-13)7-10(11)12-8-15-3-5-17-12/h1-2,4,6-7,12,15H,3,5,8H2/t12-/m0/s1. The number of nitrogens with one attached hydrogen (secondary N) is 1. The summed E-state index contributed by atoms with van der Waals surface area (Å²) < 4.78 is 29.7. The van der Waals surface area contributed by atoms with Crippen LogP contribution in [0.15, 0.2) is 35.1 Å². The van der Waals surface area contributed by atoms with Crippen LogP contribution < -0.4 is 10.1 Å². The molecule has 1 atom stereocenters. The summed E-state index contributed by atoms with van der Waals surface area (Å²) in [5.74, 6) is 0.154. The number of aromatic nitrogens is 1. The molecule has 0 radical (unpaired) electrons. The summed E-state index contributed by atoms with van der Waals surface area (Å²) in [6.45, 7) is 1.93. The Morgan fingerprint density at radius 3 is 3.11 bits per heavy atom. The van der Waals surface area contributed by atoms with E-state index < -0.39 is 0 Å². The summed E-state index contributed by atoms with van der Waals surface area (Å²) in [4.78, 5) is 3.85. The Hall–Kier alpha value is -1.92. The predicted octanol–water partition coefficient (Wildman–Crippen LogP) is 2.27. The molecule has 1 saturated heterocycles. The van der Waals surface area contributed by atoms with Gasteiger partial charge in [-0.1, -0.05) is 0 Å². The molecule has 2 heterocycles. The van der Waals surface area contributed by atoms with E-state index in [1.54, 1.807) is 6.07 Å². The lowest BCUT2D eigenvalue weighted by Crippen LogP contribution is -2.33. The number of halogens is 1. The maximum Gasteiger partial charge on any atom is 0.399 e. The van der Waals surface area contributed by atoms with Gasteiger partial charge in [0.05, 0.1) is 18.9 Å². The molecule has 1 aromatic carbocycles. The molecule has 0 bridgehead atoms. The van der Waals surface area contributed by atoms with Gasteiger partial charge in [-0.3, -0.25) is 0 Å². The molecular formula is C13H13FN2O3. The lowest BCUT2D eigenvalue weighted by atomic mass is 10.1. The van der Waals surface area contributed by atoms with Gasteiger partial charge >= 0.3 is 6.08 Å². The van der Waals surface area contributed by atoms with Crippen molar-refractivity contribution in [2.24, 2.45) is 0 Å². The molecule has 1 aromatic heterocycles. The molecule has 19 heavy (non-hydrogen) atoms. The summed E-state index contributed by atoms with van der Waals surface area (Å²) >= 11 is 0. The van der Waals surface area contributed by atoms with E-state index >= 15 is 0 Å². The molecular weight excluding hydrogens is 251 g/mol. The van der Waals surface area contributed by atoms with E-state index in [1.165, 1.54) is 24.6 Å². The van der Waals surface area contributed by atoms with Gasteiger partial charge in [0.15, 0.2) is 0 Å². The van der Waals surface area contributed by atoms with Gasteiger partial charge in [0, 0.05) is 18.7 Å². The number of ether oxygens (including phenoxy) is 2. The fraction of sp³-hybridized carbons (Fsp3) is 0.308. The van der Waals surface area contributed by atoms with E-state index in [1.807, 2.05) is 0 Å². The Morgan fingerprint density at radius 1 is 1.42 bits per heavy atom. The lowest BCUT2D eigenvalue weighted by molar-refractivity contribution is 0.0254. The van der Waals surface area contributed by atoms with Crippen LogP contribution in [0.2, 0.25) is 0 Å². The fourth-order valence-electron chi connectivity index (χ4n) is 1.96. The summed E-state index contributed by atoms with van der Waals surface area (Å²) in [5.41, 5.74) is 0.469. The zero-order valence-electron chi connectivity index (χ0n) is 10.1. The molecule has 1 N–H and O–H groups in total. The number of nitrogens with zero attached hydrogens (tertiary/aromatic N) is 1. The molecule has 2 aromatic rings. The van der Waals surface area contributed by atoms with Gasteiger partial charge in [-0.05, 0) is 18.2 Å². The first-order valence-electron chi connectivity index (χ1n) is 6.02. The van der Waals surface area contributed by atoms with Gasteiger partial charge in [-0.2, -0.15) is 4.98 Å². The van der Waals surface area contributed by atoms with E-state index in [-0.39, 0.29) is 18.0 Å². The Balaban J connectivity index is 1.83. The van der Waals surface area contributed by atoms with Gasteiger partial charge in [-0.25, -0.2) is 4.39 Å². The molecule has 0 amide bonds. The van der Waals surface area contributed by atoms with Crippen LogP contribution >= 0.6 is 0 Å². The number of hydrogen-bond acceptors (Lipinski definition) is 5. The van der Waals surface area contributed by atoms with Crippen LogP contribution in [0.25, 0.3) is 0 Å². The molecule has 1 aliphatic heterocycles. The minimum absolute atomic E-state index is 0.125. The molecule has 100 valence electrons. The molecule has 0 spiro atoms. The average Bonchev–Trinajstić information content (AvgIpc) is 2.95. The van der Waals surface area contributed by atoms with Crippen LogP contribution in [0.3, 0.4) is 0 Å². The van der Waals surface area contributed by atoms with E-state index in [2.05, 4.69) is 10.3 Å². The highest BCUT2D eigenvalue weighted by atomic mass is 19.1. The molecule has 0 saturated carbocycles. The fourth-order valence-corrected chi connectivity index (χ4v) is 1.96. The van der Waals surface area contributed by atoms with Crippen molar-refractivity contribution < 1.29 is 18.3 Å². The van der Waals surface area contributed by atoms with Crippen LogP contribution in [0.1, 0.15) is 11.7 Å². The van der Waals surface area contributed by atoms with Crippen molar-refractivity contribution >= 4 is 0 Å². The second kappa shape index (κ2) is 5.38. The third kappa shape index (κ3) is 2.74. The van der Waals surface area contributed by atoms with Crippen LogP contribution in [0.4, 0.5) is 4.39 Å². The highest BCUT2D eigenvalue weighted by Gasteiger charge is 2.20. The molecule has 6 heteroatoms. The summed E-state index contributed by atoms with van der Waals surface area (Å²) in [6.07, 6.45) is 2.71. The topological polar surface area (TPSA) is 56.5 Å². The van der Waals surface area contributed by atoms with Crippen LogP contribution in [-0.2, 0) is 4.74 Å². The van der Waals surface area contributed by atoms with Crippen molar-refractivity contribution in [3.63, 3.8) is 0 Å². The highest BCUT2D eigenvalue weighted by molar-refractivity contribution is 5.33. The average molecular weight is 264 g/mol. The van der Waals surface area contributed by atoms with Gasteiger partial charge in [0.2, 0.25) is 0 Å². The van der Waals surface area contributed by atoms with Crippen LogP contribution in [0.5, 0.6) is 11.8 Å². The predicted molar refractivity (Wildman–Crippen MR) is 64.5 cm³/mol. The molecule has 0 aliphatic carbocycles. The van der Waals surface area contributed by atoms with E-state index in [4.69, 9.17) is 13.9 Å². The minimum Gasteiger partial charge on any atom is -0.417 e. The number of rotatable bonds is 3. The first-order valence-corrected chi connectivity index (χ1v) is 6.02. The quantitative estimate of drug-likeness (QED) is 0.921. The van der Waals surface area contributed by atoms with Gasteiger partial charge in [0.25, 0.3) is 0 Å². The third-order valence-electron chi connectivity index (χ3n) is 2.86. The number of hydrogen-bond donors (Lipinski definition) is 1. The Kier molecular flexibility index (Phi) is 3.43. The van der Waals surface area contributed by atoms with Gasteiger partial charge in [-0.15, -0.1) is 0 Å². The monoisotopic (exact) mass is 264 g/mol. The first kappa shape index (κ1) is 12.1. The van der Waals surface area contributed by atoms with E-state index in [0.717, 1.165) is 6.54 Å². The van der Waals surface area contributed by atoms with Crippen molar-refractivity contribution in [3.8, 4) is 11.8 Å². The third-order valence-corrected chi connectivity index (χ3v) is 2.86. The lowest BCUT2D eigenvalue weighted by Gasteiger charge is -2.24. The molecule has 3 rings (SSSR count). The first-order chi connectivity index (χ1) is 9.33. The summed E-state index contributed by atoms with van der Waals surface area (Å²) in [7, 11) is 0. The van der Waals surface area contributed by atoms with Crippen molar-refractivity contribution in [2.75, 3.05) is 19.7 Å². The Morgan fingerprint density at radius 2 is 2.37 bits per heavy atom. The minimum atomic E-state index is -0.312. The molecule has 1 aliphatic rings. The smallest absolute Gasteiger partial charge is 0.399 e. The largest absolute Gasteiger partial charge is 0.417 e. The normalized spacial score (nSPS) is 19.3. The molecule has 5 nitrogen and oxygen atoms in total. The molecule has 1 fully saturated rings. The SMILES string of the molecule is Fc1ccc(Oc2ncco2)cc1[C@@H]1CNCCO1. The summed E-state index contributed by atoms with van der Waals surface area (Å²) in [5, 5.41) is 3.16. The van der Waals surface area contributed by atoms with Crippen LogP contribution in [0, 0.1) is 5.82 Å².